The van der Waals surface area contributed by atoms with Gasteiger partial charge in [-0.2, -0.15) is 0 Å². The SMILES string of the molecule is C(=Cc1ccccc1)Cc1cccc2c1Cc1ccccc1-2. The van der Waals surface area contributed by atoms with Gasteiger partial charge in [0, 0.05) is 0 Å². The highest BCUT2D eigenvalue weighted by atomic mass is 14.2. The lowest BCUT2D eigenvalue weighted by molar-refractivity contribution is 1.16. The first-order valence-electron chi connectivity index (χ1n) is 7.82. The second-order valence-corrected chi connectivity index (χ2v) is 5.79. The van der Waals surface area contributed by atoms with Crippen molar-refractivity contribution >= 4 is 6.08 Å². The van der Waals surface area contributed by atoms with Crippen LogP contribution in [-0.4, -0.2) is 0 Å². The van der Waals surface area contributed by atoms with Gasteiger partial charge in [0.05, 0.1) is 0 Å². The summed E-state index contributed by atoms with van der Waals surface area (Å²) in [5.74, 6) is 0. The number of allylic oxidation sites excluding steroid dienone is 1. The van der Waals surface area contributed by atoms with E-state index >= 15 is 0 Å². The molecule has 0 aliphatic heterocycles. The molecular formula is C22H18. The zero-order valence-corrected chi connectivity index (χ0v) is 12.5. The zero-order chi connectivity index (χ0) is 14.8. The average Bonchev–Trinajstić information content (AvgIpc) is 2.96. The fourth-order valence-corrected chi connectivity index (χ4v) is 3.30. The number of rotatable bonds is 3. The van der Waals surface area contributed by atoms with Crippen molar-refractivity contribution in [2.45, 2.75) is 12.8 Å². The van der Waals surface area contributed by atoms with Crippen molar-refractivity contribution in [3.63, 3.8) is 0 Å². The maximum atomic E-state index is 2.27. The second-order valence-electron chi connectivity index (χ2n) is 5.79. The van der Waals surface area contributed by atoms with Crippen molar-refractivity contribution in [2.75, 3.05) is 0 Å². The summed E-state index contributed by atoms with van der Waals surface area (Å²) < 4.78 is 0. The monoisotopic (exact) mass is 282 g/mol. The molecule has 4 rings (SSSR count). The summed E-state index contributed by atoms with van der Waals surface area (Å²) >= 11 is 0. The molecule has 0 aromatic heterocycles. The van der Waals surface area contributed by atoms with Gasteiger partial charge in [0.15, 0.2) is 0 Å². The highest BCUT2D eigenvalue weighted by Crippen LogP contribution is 2.38. The number of benzene rings is 3. The molecule has 0 radical (unpaired) electrons. The van der Waals surface area contributed by atoms with E-state index in [-0.39, 0.29) is 0 Å². The Morgan fingerprint density at radius 3 is 2.41 bits per heavy atom. The fraction of sp³-hybridized carbons (Fsp3) is 0.0909. The first kappa shape index (κ1) is 13.1. The van der Waals surface area contributed by atoms with Gasteiger partial charge < -0.3 is 0 Å². The first-order valence-corrected chi connectivity index (χ1v) is 7.82. The fourth-order valence-electron chi connectivity index (χ4n) is 3.30. The van der Waals surface area contributed by atoms with Gasteiger partial charge in [0.1, 0.15) is 0 Å². The molecule has 22 heavy (non-hydrogen) atoms. The summed E-state index contributed by atoms with van der Waals surface area (Å²) in [5.41, 5.74) is 8.49. The molecular weight excluding hydrogens is 264 g/mol. The Morgan fingerprint density at radius 2 is 1.50 bits per heavy atom. The van der Waals surface area contributed by atoms with Crippen molar-refractivity contribution in [3.8, 4) is 11.1 Å². The molecule has 0 fully saturated rings. The Labute approximate surface area is 131 Å². The van der Waals surface area contributed by atoms with E-state index in [1.807, 2.05) is 0 Å². The minimum absolute atomic E-state index is 0.992. The first-order chi connectivity index (χ1) is 10.9. The lowest BCUT2D eigenvalue weighted by Crippen LogP contribution is -1.90. The molecule has 0 saturated heterocycles. The van der Waals surface area contributed by atoms with Crippen LogP contribution in [0.25, 0.3) is 17.2 Å². The summed E-state index contributed by atoms with van der Waals surface area (Å²) in [6.07, 6.45) is 6.54. The van der Waals surface area contributed by atoms with E-state index in [0.717, 1.165) is 12.8 Å². The molecule has 0 atom stereocenters. The van der Waals surface area contributed by atoms with Crippen molar-refractivity contribution in [2.24, 2.45) is 0 Å². The van der Waals surface area contributed by atoms with Crippen LogP contribution in [0.2, 0.25) is 0 Å². The zero-order valence-electron chi connectivity index (χ0n) is 12.5. The van der Waals surface area contributed by atoms with E-state index in [9.17, 15) is 0 Å². The van der Waals surface area contributed by atoms with Gasteiger partial charge in [0.2, 0.25) is 0 Å². The highest BCUT2D eigenvalue weighted by molar-refractivity contribution is 5.78. The average molecular weight is 282 g/mol. The third-order valence-corrected chi connectivity index (χ3v) is 4.40. The van der Waals surface area contributed by atoms with Crippen LogP contribution in [0.5, 0.6) is 0 Å². The summed E-state index contributed by atoms with van der Waals surface area (Å²) in [5, 5.41) is 0. The minimum Gasteiger partial charge on any atom is -0.0795 e. The molecule has 3 aromatic rings. The Hall–Kier alpha value is -2.60. The topological polar surface area (TPSA) is 0 Å². The van der Waals surface area contributed by atoms with Gasteiger partial charge >= 0.3 is 0 Å². The van der Waals surface area contributed by atoms with Crippen LogP contribution in [0.1, 0.15) is 22.3 Å². The molecule has 0 bridgehead atoms. The van der Waals surface area contributed by atoms with Crippen LogP contribution >= 0.6 is 0 Å². The second kappa shape index (κ2) is 5.65. The van der Waals surface area contributed by atoms with Gasteiger partial charge in [-0.25, -0.2) is 0 Å². The highest BCUT2D eigenvalue weighted by Gasteiger charge is 2.19. The standard InChI is InChI=1S/C22H18/c1-2-8-17(9-3-1)10-6-12-18-13-7-15-21-20-14-5-4-11-19(20)16-22(18)21/h1-11,13-15H,12,16H2. The number of hydrogen-bond acceptors (Lipinski definition) is 0. The molecule has 106 valence electrons. The molecule has 0 heterocycles. The Morgan fingerprint density at radius 1 is 0.727 bits per heavy atom. The van der Waals surface area contributed by atoms with Crippen LogP contribution in [0.15, 0.2) is 78.9 Å². The third kappa shape index (κ3) is 2.37. The molecule has 0 nitrogen and oxygen atoms in total. The van der Waals surface area contributed by atoms with E-state index in [1.165, 1.54) is 33.4 Å². The van der Waals surface area contributed by atoms with Gasteiger partial charge in [-0.1, -0.05) is 84.9 Å². The molecule has 0 unspecified atom stereocenters. The predicted molar refractivity (Wildman–Crippen MR) is 93.9 cm³/mol. The van der Waals surface area contributed by atoms with Crippen LogP contribution < -0.4 is 0 Å². The summed E-state index contributed by atoms with van der Waals surface area (Å²) in [4.78, 5) is 0. The molecule has 0 heteroatoms. The lowest BCUT2D eigenvalue weighted by atomic mass is 9.99. The lowest BCUT2D eigenvalue weighted by Gasteiger charge is -2.06. The van der Waals surface area contributed by atoms with Crippen LogP contribution in [0.4, 0.5) is 0 Å². The van der Waals surface area contributed by atoms with Gasteiger partial charge in [-0.3, -0.25) is 0 Å². The largest absolute Gasteiger partial charge is 0.0795 e. The van der Waals surface area contributed by atoms with E-state index in [4.69, 9.17) is 0 Å². The van der Waals surface area contributed by atoms with Crippen molar-refractivity contribution in [3.05, 3.63) is 101 Å². The Balaban J connectivity index is 1.61. The summed E-state index contributed by atoms with van der Waals surface area (Å²) in [6, 6.07) is 26.0. The van der Waals surface area contributed by atoms with Crippen molar-refractivity contribution in [1.82, 2.24) is 0 Å². The maximum Gasteiger partial charge on any atom is -0.00106 e. The predicted octanol–water partition coefficient (Wildman–Crippen LogP) is 5.51. The third-order valence-electron chi connectivity index (χ3n) is 4.40. The van der Waals surface area contributed by atoms with E-state index in [2.05, 4.69) is 84.9 Å². The molecule has 0 spiro atoms. The molecule has 0 saturated carbocycles. The van der Waals surface area contributed by atoms with Crippen LogP contribution in [0, 0.1) is 0 Å². The summed E-state index contributed by atoms with van der Waals surface area (Å²) in [6.45, 7) is 0. The minimum atomic E-state index is 0.992. The van der Waals surface area contributed by atoms with Gasteiger partial charge in [0.25, 0.3) is 0 Å². The van der Waals surface area contributed by atoms with Gasteiger partial charge in [-0.05, 0) is 46.2 Å². The Bertz CT molecular complexity index is 826. The smallest absolute Gasteiger partial charge is 0.00106 e. The molecule has 0 N–H and O–H groups in total. The molecule has 0 amide bonds. The van der Waals surface area contributed by atoms with E-state index in [0.29, 0.717) is 0 Å². The Kier molecular flexibility index (Phi) is 3.36. The van der Waals surface area contributed by atoms with Crippen molar-refractivity contribution in [1.29, 1.82) is 0 Å². The number of fused-ring (bicyclic) bond motifs is 3. The molecule has 1 aliphatic carbocycles. The quantitative estimate of drug-likeness (QED) is 0.464. The van der Waals surface area contributed by atoms with E-state index < -0.39 is 0 Å². The van der Waals surface area contributed by atoms with Crippen LogP contribution in [0.3, 0.4) is 0 Å². The summed E-state index contributed by atoms with van der Waals surface area (Å²) in [7, 11) is 0. The van der Waals surface area contributed by atoms with Gasteiger partial charge in [-0.15, -0.1) is 0 Å². The molecule has 1 aliphatic rings. The normalized spacial score (nSPS) is 12.4. The van der Waals surface area contributed by atoms with Crippen molar-refractivity contribution < 1.29 is 0 Å². The molecule has 3 aromatic carbocycles. The number of hydrogen-bond donors (Lipinski definition) is 0. The maximum absolute atomic E-state index is 2.27. The van der Waals surface area contributed by atoms with Crippen LogP contribution in [-0.2, 0) is 12.8 Å². The van der Waals surface area contributed by atoms with E-state index in [1.54, 1.807) is 0 Å².